The summed E-state index contributed by atoms with van der Waals surface area (Å²) in [6, 6.07) is 8.04. The van der Waals surface area contributed by atoms with Gasteiger partial charge in [0, 0.05) is 18.0 Å². The number of methoxy groups -OCH3 is 1. The first kappa shape index (κ1) is 18.2. The zero-order valence-corrected chi connectivity index (χ0v) is 16.7. The Morgan fingerprint density at radius 2 is 2.18 bits per heavy atom. The third kappa shape index (κ3) is 1.52. The SMILES string of the molecule is C/C=C1/C[N@@+]2(C)CC[C@@]34c5ccccc5N[C@]32[C@@H](O)C[C@@H]1[C@@]4(CO)C(=O)OC. The molecular weight excluding hydrogens is 356 g/mol. The molecule has 5 aliphatic rings. The Kier molecular flexibility index (Phi) is 3.49. The van der Waals surface area contributed by atoms with Gasteiger partial charge in [0.1, 0.15) is 18.1 Å². The lowest BCUT2D eigenvalue weighted by Gasteiger charge is -2.58. The fourth-order valence-electron chi connectivity index (χ4n) is 7.70. The Hall–Kier alpha value is -1.89. The van der Waals surface area contributed by atoms with Crippen LogP contribution in [-0.4, -0.2) is 66.3 Å². The van der Waals surface area contributed by atoms with Crippen LogP contribution >= 0.6 is 0 Å². The molecule has 28 heavy (non-hydrogen) atoms. The van der Waals surface area contributed by atoms with E-state index < -0.39 is 22.6 Å². The van der Waals surface area contributed by atoms with Gasteiger partial charge in [0.25, 0.3) is 0 Å². The van der Waals surface area contributed by atoms with Gasteiger partial charge in [0.05, 0.1) is 32.7 Å². The number of nitrogens with zero attached hydrogens (tertiary/aromatic N) is 1. The Morgan fingerprint density at radius 1 is 1.43 bits per heavy atom. The summed E-state index contributed by atoms with van der Waals surface area (Å²) in [6.07, 6.45) is 2.59. The standard InChI is InChI=1S/C22H29N2O4/c1-4-14-12-24(2)10-9-21-15-7-5-6-8-17(15)23-22(21,24)18(26)11-16(14)20(21,13-25)19(27)28-3/h4-8,16,18,23,25-26H,9-13H2,1-3H3/q+1/b14-4-/t16-,18-,20-,21-,22-,24+/m0/s1. The van der Waals surface area contributed by atoms with Gasteiger partial charge in [-0.15, -0.1) is 0 Å². The van der Waals surface area contributed by atoms with Crippen molar-refractivity contribution in [3.05, 3.63) is 41.5 Å². The molecule has 4 aliphatic heterocycles. The van der Waals surface area contributed by atoms with Crippen molar-refractivity contribution in [2.75, 3.05) is 39.2 Å². The summed E-state index contributed by atoms with van der Waals surface area (Å²) in [5.74, 6) is -0.629. The van der Waals surface area contributed by atoms with E-state index in [1.54, 1.807) is 0 Å². The molecule has 0 unspecified atom stereocenters. The topological polar surface area (TPSA) is 78.8 Å². The highest BCUT2D eigenvalue weighted by Crippen LogP contribution is 2.74. The summed E-state index contributed by atoms with van der Waals surface area (Å²) in [5, 5.41) is 26.2. The van der Waals surface area contributed by atoms with Crippen molar-refractivity contribution in [2.45, 2.75) is 36.9 Å². The number of carbonyl (C=O) groups excluding carboxylic acids is 1. The number of hydrogen-bond donors (Lipinski definition) is 3. The van der Waals surface area contributed by atoms with Crippen molar-refractivity contribution in [1.82, 2.24) is 0 Å². The fourth-order valence-corrected chi connectivity index (χ4v) is 7.70. The van der Waals surface area contributed by atoms with Crippen LogP contribution in [0, 0.1) is 11.3 Å². The fraction of sp³-hybridized carbons (Fsp3) is 0.591. The molecule has 6 heteroatoms. The van der Waals surface area contributed by atoms with E-state index >= 15 is 0 Å². The van der Waals surface area contributed by atoms with Crippen LogP contribution in [0.25, 0.3) is 0 Å². The number of nitrogens with one attached hydrogen (secondary N) is 1. The molecule has 0 aromatic heterocycles. The highest BCUT2D eigenvalue weighted by atomic mass is 16.5. The van der Waals surface area contributed by atoms with Crippen LogP contribution in [0.1, 0.15) is 25.3 Å². The molecule has 4 fully saturated rings. The van der Waals surface area contributed by atoms with E-state index in [0.29, 0.717) is 17.3 Å². The van der Waals surface area contributed by atoms with Crippen LogP contribution in [0.3, 0.4) is 0 Å². The van der Waals surface area contributed by atoms with Crippen LogP contribution in [0.15, 0.2) is 35.9 Å². The maximum absolute atomic E-state index is 13.5. The number of carbonyl (C=O) groups is 1. The lowest BCUT2D eigenvalue weighted by molar-refractivity contribution is -0.944. The van der Waals surface area contributed by atoms with E-state index in [-0.39, 0.29) is 18.5 Å². The van der Waals surface area contributed by atoms with Crippen molar-refractivity contribution < 1.29 is 24.2 Å². The van der Waals surface area contributed by atoms with Crippen LogP contribution in [0.4, 0.5) is 5.69 Å². The number of likely N-dealkylation sites (N-methyl/N-ethyl adjacent to an activating group) is 1. The third-order valence-corrected chi connectivity index (χ3v) is 8.64. The van der Waals surface area contributed by atoms with Gasteiger partial charge >= 0.3 is 5.97 Å². The summed E-state index contributed by atoms with van der Waals surface area (Å²) >= 11 is 0. The van der Waals surface area contributed by atoms with E-state index in [0.717, 1.165) is 29.9 Å². The van der Waals surface area contributed by atoms with E-state index in [1.165, 1.54) is 7.11 Å². The number of aliphatic hydroxyl groups excluding tert-OH is 2. The highest BCUT2D eigenvalue weighted by Gasteiger charge is 2.88. The van der Waals surface area contributed by atoms with Gasteiger partial charge in [-0.3, -0.25) is 9.28 Å². The van der Waals surface area contributed by atoms with E-state index in [9.17, 15) is 15.0 Å². The second-order valence-electron chi connectivity index (χ2n) is 9.16. The molecule has 0 radical (unpaired) electrons. The predicted octanol–water partition coefficient (Wildman–Crippen LogP) is 1.39. The molecule has 4 bridgehead atoms. The molecule has 1 saturated carbocycles. The van der Waals surface area contributed by atoms with Gasteiger partial charge in [-0.1, -0.05) is 24.3 Å². The number of hydrogen-bond acceptors (Lipinski definition) is 5. The minimum atomic E-state index is -1.13. The summed E-state index contributed by atoms with van der Waals surface area (Å²) in [7, 11) is 3.59. The number of anilines is 1. The van der Waals surface area contributed by atoms with Crippen LogP contribution in [-0.2, 0) is 14.9 Å². The number of para-hydroxylation sites is 1. The Labute approximate surface area is 165 Å². The van der Waals surface area contributed by atoms with Gasteiger partial charge in [-0.2, -0.15) is 0 Å². The maximum atomic E-state index is 13.5. The summed E-state index contributed by atoms with van der Waals surface area (Å²) < 4.78 is 5.98. The van der Waals surface area contributed by atoms with Gasteiger partial charge in [-0.05, 0) is 30.5 Å². The first-order valence-corrected chi connectivity index (χ1v) is 10.1. The van der Waals surface area contributed by atoms with Crippen molar-refractivity contribution in [3.8, 4) is 0 Å². The summed E-state index contributed by atoms with van der Waals surface area (Å²) in [5.41, 5.74) is 0.476. The summed E-state index contributed by atoms with van der Waals surface area (Å²) in [6.45, 7) is 3.26. The molecule has 3 saturated heterocycles. The van der Waals surface area contributed by atoms with Gasteiger partial charge in [0.15, 0.2) is 0 Å². The quantitative estimate of drug-likeness (QED) is 0.407. The van der Waals surface area contributed by atoms with Gasteiger partial charge < -0.3 is 20.3 Å². The molecule has 1 spiro atoms. The molecule has 1 aromatic rings. The van der Waals surface area contributed by atoms with Crippen molar-refractivity contribution in [2.24, 2.45) is 11.3 Å². The molecule has 3 N–H and O–H groups in total. The monoisotopic (exact) mass is 385 g/mol. The molecule has 6 atom stereocenters. The minimum Gasteiger partial charge on any atom is -0.468 e. The molecular formula is C22H29N2O4+. The largest absolute Gasteiger partial charge is 0.468 e. The number of esters is 1. The number of ether oxygens (including phenoxy) is 1. The molecule has 0 amide bonds. The molecule has 1 aliphatic carbocycles. The van der Waals surface area contributed by atoms with Crippen LogP contribution in [0.5, 0.6) is 0 Å². The lowest BCUT2D eigenvalue weighted by Crippen LogP contribution is -2.78. The minimum absolute atomic E-state index is 0.258. The third-order valence-electron chi connectivity index (χ3n) is 8.64. The van der Waals surface area contributed by atoms with E-state index in [1.807, 2.05) is 25.1 Å². The first-order chi connectivity index (χ1) is 13.4. The molecule has 1 aromatic carbocycles. The normalized spacial score (nSPS) is 46.7. The molecule has 6 nitrogen and oxygen atoms in total. The molecule has 150 valence electrons. The van der Waals surface area contributed by atoms with Crippen molar-refractivity contribution in [1.29, 1.82) is 0 Å². The van der Waals surface area contributed by atoms with Gasteiger partial charge in [0.2, 0.25) is 5.66 Å². The molecule has 4 heterocycles. The highest BCUT2D eigenvalue weighted by molar-refractivity contribution is 5.85. The number of aliphatic hydroxyl groups is 2. The predicted molar refractivity (Wildman–Crippen MR) is 104 cm³/mol. The Balaban J connectivity index is 1.96. The van der Waals surface area contributed by atoms with Gasteiger partial charge in [-0.25, -0.2) is 0 Å². The summed E-state index contributed by atoms with van der Waals surface area (Å²) in [4.78, 5) is 13.5. The van der Waals surface area contributed by atoms with Crippen molar-refractivity contribution >= 4 is 11.7 Å². The van der Waals surface area contributed by atoms with Crippen molar-refractivity contribution in [3.63, 3.8) is 0 Å². The number of quaternary nitrogens is 1. The average Bonchev–Trinajstić information content (AvgIpc) is 3.12. The average molecular weight is 385 g/mol. The van der Waals surface area contributed by atoms with E-state index in [2.05, 4.69) is 24.5 Å². The number of fused-ring (bicyclic) bond motifs is 3. The second kappa shape index (κ2) is 5.38. The Morgan fingerprint density at radius 3 is 2.86 bits per heavy atom. The lowest BCUT2D eigenvalue weighted by atomic mass is 9.45. The molecule has 6 rings (SSSR count). The zero-order chi connectivity index (χ0) is 19.9. The second-order valence-corrected chi connectivity index (χ2v) is 9.16. The number of benzene rings is 1. The maximum Gasteiger partial charge on any atom is 0.316 e. The number of allylic oxidation sites excluding steroid dienone is 1. The zero-order valence-electron chi connectivity index (χ0n) is 16.7. The Bertz CT molecular complexity index is 900. The van der Waals surface area contributed by atoms with Crippen LogP contribution < -0.4 is 5.32 Å². The number of rotatable bonds is 2. The van der Waals surface area contributed by atoms with Crippen LogP contribution in [0.2, 0.25) is 0 Å². The first-order valence-electron chi connectivity index (χ1n) is 10.1. The smallest absolute Gasteiger partial charge is 0.316 e. The van der Waals surface area contributed by atoms with E-state index in [4.69, 9.17) is 4.74 Å².